The van der Waals surface area contributed by atoms with E-state index in [0.29, 0.717) is 12.5 Å². The van der Waals surface area contributed by atoms with E-state index in [4.69, 9.17) is 5.10 Å². The molecule has 0 radical (unpaired) electrons. The fraction of sp³-hybridized carbons (Fsp3) is 0.824. The van der Waals surface area contributed by atoms with Crippen molar-refractivity contribution < 1.29 is 5.11 Å². The van der Waals surface area contributed by atoms with Crippen LogP contribution in [0, 0.1) is 0 Å². The molecule has 2 heterocycles. The molecule has 0 bridgehead atoms. The first-order chi connectivity index (χ1) is 10.2. The summed E-state index contributed by atoms with van der Waals surface area (Å²) < 4.78 is 2.14. The summed E-state index contributed by atoms with van der Waals surface area (Å²) in [6.45, 7) is 5.42. The Kier molecular flexibility index (Phi) is 4.65. The number of hydrogen-bond donors (Lipinski definition) is 1. The van der Waals surface area contributed by atoms with E-state index in [-0.39, 0.29) is 0 Å². The summed E-state index contributed by atoms with van der Waals surface area (Å²) >= 11 is 0. The molecule has 1 saturated heterocycles. The Morgan fingerprint density at radius 3 is 2.81 bits per heavy atom. The van der Waals surface area contributed by atoms with Crippen molar-refractivity contribution in [1.29, 1.82) is 0 Å². The van der Waals surface area contributed by atoms with Crippen LogP contribution in [0.4, 0.5) is 0 Å². The largest absolute Gasteiger partial charge is 0.389 e. The highest BCUT2D eigenvalue weighted by atomic mass is 16.3. The number of aromatic nitrogens is 2. The Labute approximate surface area is 128 Å². The van der Waals surface area contributed by atoms with Crippen LogP contribution in [0.5, 0.6) is 0 Å². The van der Waals surface area contributed by atoms with Gasteiger partial charge in [0.15, 0.2) is 0 Å². The van der Waals surface area contributed by atoms with Crippen LogP contribution in [0.2, 0.25) is 0 Å². The van der Waals surface area contributed by atoms with Crippen molar-refractivity contribution in [3.63, 3.8) is 0 Å². The van der Waals surface area contributed by atoms with Crippen LogP contribution in [-0.4, -0.2) is 45.0 Å². The molecule has 0 spiro atoms. The molecule has 4 nitrogen and oxygen atoms in total. The van der Waals surface area contributed by atoms with Crippen LogP contribution in [0.1, 0.15) is 63.6 Å². The topological polar surface area (TPSA) is 41.3 Å². The zero-order chi connectivity index (χ0) is 14.7. The second-order valence-corrected chi connectivity index (χ2v) is 6.91. The second-order valence-electron chi connectivity index (χ2n) is 6.91. The van der Waals surface area contributed by atoms with Gasteiger partial charge in [0.25, 0.3) is 0 Å². The summed E-state index contributed by atoms with van der Waals surface area (Å²) in [4.78, 5) is 2.44. The summed E-state index contributed by atoms with van der Waals surface area (Å²) in [7, 11) is 0. The van der Waals surface area contributed by atoms with E-state index in [1.165, 1.54) is 25.7 Å². The molecule has 2 fully saturated rings. The Morgan fingerprint density at radius 1 is 1.24 bits per heavy atom. The molecule has 1 aromatic rings. The Hall–Kier alpha value is -0.870. The zero-order valence-corrected chi connectivity index (χ0v) is 13.3. The molecule has 0 amide bonds. The smallest absolute Gasteiger partial charge is 0.0716 e. The quantitative estimate of drug-likeness (QED) is 0.927. The molecule has 1 saturated carbocycles. The molecule has 1 N–H and O–H groups in total. The molecule has 1 aliphatic heterocycles. The maximum absolute atomic E-state index is 10.9. The highest BCUT2D eigenvalue weighted by molar-refractivity contribution is 5.05. The third kappa shape index (κ3) is 3.67. The summed E-state index contributed by atoms with van der Waals surface area (Å²) in [5.41, 5.74) is 0.507. The van der Waals surface area contributed by atoms with Gasteiger partial charge in [0, 0.05) is 19.2 Å². The summed E-state index contributed by atoms with van der Waals surface area (Å²) in [5.74, 6) is 0. The fourth-order valence-corrected chi connectivity index (χ4v) is 3.91. The van der Waals surface area contributed by atoms with E-state index in [2.05, 4.69) is 28.8 Å². The molecule has 3 rings (SSSR count). The van der Waals surface area contributed by atoms with E-state index in [1.807, 2.05) is 0 Å². The lowest BCUT2D eigenvalue weighted by atomic mass is 9.90. The van der Waals surface area contributed by atoms with Crippen LogP contribution in [0.15, 0.2) is 12.3 Å². The zero-order valence-electron chi connectivity index (χ0n) is 13.3. The number of nitrogens with zero attached hydrogens (tertiary/aromatic N) is 3. The lowest BCUT2D eigenvalue weighted by Gasteiger charge is -2.26. The molecule has 1 aromatic heterocycles. The standard InChI is InChI=1S/C17H29N3O/c1-2-19-11-5-9-17(21,10-13-19)14-15-8-12-20(18-15)16-6-3-4-7-16/h8,12,16,21H,2-7,9-11,13-14H2,1H3. The molecule has 21 heavy (non-hydrogen) atoms. The molecule has 1 aliphatic carbocycles. The molecule has 1 atom stereocenters. The summed E-state index contributed by atoms with van der Waals surface area (Å²) in [6.07, 6.45) is 10.9. The van der Waals surface area contributed by atoms with Crippen LogP contribution >= 0.6 is 0 Å². The van der Waals surface area contributed by atoms with Crippen LogP contribution in [0.25, 0.3) is 0 Å². The minimum Gasteiger partial charge on any atom is -0.389 e. The first kappa shape index (κ1) is 15.0. The average molecular weight is 291 g/mol. The number of hydrogen-bond acceptors (Lipinski definition) is 3. The SMILES string of the molecule is CCN1CCCC(O)(Cc2ccn(C3CCCC3)n2)CC1. The highest BCUT2D eigenvalue weighted by Gasteiger charge is 2.31. The van der Waals surface area contributed by atoms with Crippen LogP contribution in [-0.2, 0) is 6.42 Å². The van der Waals surface area contributed by atoms with Gasteiger partial charge >= 0.3 is 0 Å². The van der Waals surface area contributed by atoms with Crippen molar-refractivity contribution in [2.45, 2.75) is 69.9 Å². The molecule has 2 aliphatic rings. The monoisotopic (exact) mass is 291 g/mol. The highest BCUT2D eigenvalue weighted by Crippen LogP contribution is 2.30. The number of aliphatic hydroxyl groups is 1. The minimum absolute atomic E-state index is 0.557. The predicted octanol–water partition coefficient (Wildman–Crippen LogP) is 2.78. The predicted molar refractivity (Wildman–Crippen MR) is 84.4 cm³/mol. The van der Waals surface area contributed by atoms with E-state index in [0.717, 1.165) is 44.6 Å². The van der Waals surface area contributed by atoms with Crippen molar-refractivity contribution >= 4 is 0 Å². The van der Waals surface area contributed by atoms with E-state index in [9.17, 15) is 5.11 Å². The van der Waals surface area contributed by atoms with Crippen molar-refractivity contribution in [1.82, 2.24) is 14.7 Å². The van der Waals surface area contributed by atoms with E-state index < -0.39 is 5.60 Å². The average Bonchev–Trinajstić information content (AvgIpc) is 3.10. The van der Waals surface area contributed by atoms with Crippen molar-refractivity contribution in [2.75, 3.05) is 19.6 Å². The van der Waals surface area contributed by atoms with Gasteiger partial charge in [0.1, 0.15) is 0 Å². The minimum atomic E-state index is -0.557. The van der Waals surface area contributed by atoms with Gasteiger partial charge < -0.3 is 10.0 Å². The normalized spacial score (nSPS) is 28.9. The van der Waals surface area contributed by atoms with Gasteiger partial charge in [-0.1, -0.05) is 19.8 Å². The third-order valence-corrected chi connectivity index (χ3v) is 5.33. The number of rotatable bonds is 4. The van der Waals surface area contributed by atoms with E-state index >= 15 is 0 Å². The van der Waals surface area contributed by atoms with Gasteiger partial charge in [-0.2, -0.15) is 5.10 Å². The molecule has 1 unspecified atom stereocenters. The van der Waals surface area contributed by atoms with Crippen molar-refractivity contribution in [3.8, 4) is 0 Å². The Morgan fingerprint density at radius 2 is 2.05 bits per heavy atom. The second kappa shape index (κ2) is 6.49. The fourth-order valence-electron chi connectivity index (χ4n) is 3.91. The lowest BCUT2D eigenvalue weighted by molar-refractivity contribution is 0.0248. The van der Waals surface area contributed by atoms with Gasteiger partial charge in [0.2, 0.25) is 0 Å². The third-order valence-electron chi connectivity index (χ3n) is 5.33. The molecular weight excluding hydrogens is 262 g/mol. The van der Waals surface area contributed by atoms with Crippen LogP contribution in [0.3, 0.4) is 0 Å². The van der Waals surface area contributed by atoms with Crippen molar-refractivity contribution in [3.05, 3.63) is 18.0 Å². The summed E-state index contributed by atoms with van der Waals surface area (Å²) in [6, 6.07) is 2.71. The van der Waals surface area contributed by atoms with Gasteiger partial charge in [-0.15, -0.1) is 0 Å². The Balaban J connectivity index is 1.62. The van der Waals surface area contributed by atoms with Gasteiger partial charge in [-0.25, -0.2) is 0 Å². The molecule has 4 heteroatoms. The first-order valence-electron chi connectivity index (χ1n) is 8.67. The Bertz CT molecular complexity index is 453. The van der Waals surface area contributed by atoms with Gasteiger partial charge in [0.05, 0.1) is 17.3 Å². The molecule has 118 valence electrons. The van der Waals surface area contributed by atoms with E-state index in [1.54, 1.807) is 0 Å². The molecule has 0 aromatic carbocycles. The van der Waals surface area contributed by atoms with Crippen molar-refractivity contribution in [2.24, 2.45) is 0 Å². The van der Waals surface area contributed by atoms with Gasteiger partial charge in [-0.05, 0) is 51.3 Å². The number of likely N-dealkylation sites (tertiary alicyclic amines) is 1. The summed E-state index contributed by atoms with van der Waals surface area (Å²) in [5, 5.41) is 15.7. The lowest BCUT2D eigenvalue weighted by Crippen LogP contribution is -2.33. The van der Waals surface area contributed by atoms with Gasteiger partial charge in [-0.3, -0.25) is 4.68 Å². The molecular formula is C17H29N3O. The van der Waals surface area contributed by atoms with Crippen LogP contribution < -0.4 is 0 Å². The first-order valence-corrected chi connectivity index (χ1v) is 8.67. The maximum Gasteiger partial charge on any atom is 0.0716 e. The maximum atomic E-state index is 10.9.